The van der Waals surface area contributed by atoms with Crippen molar-refractivity contribution < 1.29 is 9.53 Å². The maximum Gasteiger partial charge on any atom is 0.242 e. The molecule has 1 saturated carbocycles. The third-order valence-corrected chi connectivity index (χ3v) is 4.05. The van der Waals surface area contributed by atoms with Crippen LogP contribution in [0.15, 0.2) is 0 Å². The van der Waals surface area contributed by atoms with Gasteiger partial charge in [0.1, 0.15) is 6.04 Å². The van der Waals surface area contributed by atoms with E-state index in [-0.39, 0.29) is 18.1 Å². The van der Waals surface area contributed by atoms with Gasteiger partial charge in [0, 0.05) is 19.6 Å². The fraction of sp³-hybridized carbons (Fsp3) is 0.923. The number of nitrogens with zero attached hydrogens (tertiary/aromatic N) is 1. The molecule has 17 heavy (non-hydrogen) atoms. The van der Waals surface area contributed by atoms with Gasteiger partial charge in [-0.2, -0.15) is 0 Å². The fourth-order valence-electron chi connectivity index (χ4n) is 2.88. The molecule has 2 rings (SSSR count). The van der Waals surface area contributed by atoms with Crippen LogP contribution in [0.5, 0.6) is 0 Å². The van der Waals surface area contributed by atoms with Crippen LogP contribution in [0, 0.1) is 0 Å². The summed E-state index contributed by atoms with van der Waals surface area (Å²) < 4.78 is 5.54. The number of likely N-dealkylation sites (N-methyl/N-ethyl adjacent to an activating group) is 1. The molecule has 2 fully saturated rings. The van der Waals surface area contributed by atoms with Crippen LogP contribution < -0.4 is 5.32 Å². The zero-order valence-corrected chi connectivity index (χ0v) is 10.9. The fourth-order valence-corrected chi connectivity index (χ4v) is 2.88. The van der Waals surface area contributed by atoms with Crippen molar-refractivity contribution >= 4 is 5.91 Å². The highest BCUT2D eigenvalue weighted by Crippen LogP contribution is 2.22. The molecule has 0 bridgehead atoms. The topological polar surface area (TPSA) is 41.6 Å². The monoisotopic (exact) mass is 240 g/mol. The van der Waals surface area contributed by atoms with Crippen molar-refractivity contribution in [1.82, 2.24) is 10.2 Å². The van der Waals surface area contributed by atoms with Gasteiger partial charge >= 0.3 is 0 Å². The second-order valence-electron chi connectivity index (χ2n) is 5.25. The maximum atomic E-state index is 12.4. The van der Waals surface area contributed by atoms with Gasteiger partial charge in [-0.3, -0.25) is 4.79 Å². The third kappa shape index (κ3) is 2.99. The van der Waals surface area contributed by atoms with Gasteiger partial charge in [-0.1, -0.05) is 19.3 Å². The van der Waals surface area contributed by atoms with Crippen molar-refractivity contribution in [3.8, 4) is 0 Å². The third-order valence-electron chi connectivity index (χ3n) is 4.05. The summed E-state index contributed by atoms with van der Waals surface area (Å²) in [6, 6.07) is 0.280. The number of morpholine rings is 1. The second kappa shape index (κ2) is 5.83. The molecule has 2 aliphatic rings. The molecule has 1 N–H and O–H groups in total. The van der Waals surface area contributed by atoms with Crippen molar-refractivity contribution in [3.63, 3.8) is 0 Å². The summed E-state index contributed by atoms with van der Waals surface area (Å²) in [4.78, 5) is 14.3. The summed E-state index contributed by atoms with van der Waals surface area (Å²) in [7, 11) is 1.95. The Morgan fingerprint density at radius 3 is 2.65 bits per heavy atom. The van der Waals surface area contributed by atoms with E-state index in [1.54, 1.807) is 0 Å². The Kier molecular flexibility index (Phi) is 4.40. The van der Waals surface area contributed by atoms with E-state index in [2.05, 4.69) is 5.32 Å². The molecule has 0 aromatic rings. The van der Waals surface area contributed by atoms with Gasteiger partial charge in [-0.15, -0.1) is 0 Å². The Morgan fingerprint density at radius 1 is 1.29 bits per heavy atom. The Bertz CT molecular complexity index is 264. The number of amides is 1. The molecule has 0 aromatic heterocycles. The molecule has 0 unspecified atom stereocenters. The van der Waals surface area contributed by atoms with Crippen molar-refractivity contribution in [2.75, 3.05) is 20.2 Å². The predicted octanol–water partition coefficient (Wildman–Crippen LogP) is 1.15. The van der Waals surface area contributed by atoms with E-state index in [1.165, 1.54) is 19.3 Å². The Hall–Kier alpha value is -0.610. The number of hydrogen-bond donors (Lipinski definition) is 1. The van der Waals surface area contributed by atoms with Gasteiger partial charge in [0.25, 0.3) is 0 Å². The lowest BCUT2D eigenvalue weighted by Gasteiger charge is -2.37. The van der Waals surface area contributed by atoms with Crippen LogP contribution in [0.2, 0.25) is 0 Å². The number of hydrogen-bond acceptors (Lipinski definition) is 3. The van der Waals surface area contributed by atoms with Gasteiger partial charge in [-0.25, -0.2) is 0 Å². The van der Waals surface area contributed by atoms with E-state index in [0.29, 0.717) is 12.6 Å². The maximum absolute atomic E-state index is 12.4. The van der Waals surface area contributed by atoms with Gasteiger partial charge < -0.3 is 15.0 Å². The largest absolute Gasteiger partial charge is 0.375 e. The van der Waals surface area contributed by atoms with Crippen molar-refractivity contribution in [3.05, 3.63) is 0 Å². The highest BCUT2D eigenvalue weighted by atomic mass is 16.5. The van der Waals surface area contributed by atoms with Gasteiger partial charge in [0.05, 0.1) is 12.7 Å². The van der Waals surface area contributed by atoms with E-state index >= 15 is 0 Å². The minimum Gasteiger partial charge on any atom is -0.375 e. The lowest BCUT2D eigenvalue weighted by molar-refractivity contribution is -0.140. The summed E-state index contributed by atoms with van der Waals surface area (Å²) in [5.41, 5.74) is 0. The van der Waals surface area contributed by atoms with Crippen LogP contribution >= 0.6 is 0 Å². The lowest BCUT2D eigenvalue weighted by atomic mass is 9.94. The molecule has 98 valence electrons. The van der Waals surface area contributed by atoms with Gasteiger partial charge in [0.2, 0.25) is 5.91 Å². The van der Waals surface area contributed by atoms with E-state index in [0.717, 1.165) is 19.4 Å². The number of nitrogens with one attached hydrogen (secondary N) is 1. The van der Waals surface area contributed by atoms with Crippen LogP contribution in [0.25, 0.3) is 0 Å². The smallest absolute Gasteiger partial charge is 0.242 e. The molecule has 1 heterocycles. The van der Waals surface area contributed by atoms with Crippen LogP contribution in [0.1, 0.15) is 39.0 Å². The second-order valence-corrected chi connectivity index (χ2v) is 5.25. The molecule has 4 heteroatoms. The summed E-state index contributed by atoms with van der Waals surface area (Å²) in [5.74, 6) is 0.198. The first-order valence-corrected chi connectivity index (χ1v) is 6.82. The number of carbonyl (C=O) groups excluding carboxylic acids is 1. The zero-order chi connectivity index (χ0) is 12.3. The average Bonchev–Trinajstić information content (AvgIpc) is 2.39. The molecule has 1 saturated heterocycles. The normalized spacial score (nSPS) is 31.2. The molecule has 1 amide bonds. The van der Waals surface area contributed by atoms with E-state index in [4.69, 9.17) is 4.74 Å². The number of ether oxygens (including phenoxy) is 1. The molecule has 2 atom stereocenters. The first-order chi connectivity index (χ1) is 8.20. The minimum absolute atomic E-state index is 0.0118. The summed E-state index contributed by atoms with van der Waals surface area (Å²) in [6.07, 6.45) is 6.13. The van der Waals surface area contributed by atoms with Gasteiger partial charge in [0.15, 0.2) is 0 Å². The zero-order valence-electron chi connectivity index (χ0n) is 10.9. The van der Waals surface area contributed by atoms with E-state index in [1.807, 2.05) is 18.9 Å². The predicted molar refractivity (Wildman–Crippen MR) is 66.8 cm³/mol. The van der Waals surface area contributed by atoms with Crippen LogP contribution in [-0.2, 0) is 9.53 Å². The summed E-state index contributed by atoms with van der Waals surface area (Å²) in [6.45, 7) is 3.46. The highest BCUT2D eigenvalue weighted by Gasteiger charge is 2.33. The Balaban J connectivity index is 1.92. The summed E-state index contributed by atoms with van der Waals surface area (Å²) in [5, 5.41) is 3.27. The molecule has 1 aliphatic carbocycles. The summed E-state index contributed by atoms with van der Waals surface area (Å²) >= 11 is 0. The van der Waals surface area contributed by atoms with E-state index < -0.39 is 0 Å². The highest BCUT2D eigenvalue weighted by molar-refractivity contribution is 5.82. The quantitative estimate of drug-likeness (QED) is 0.787. The Morgan fingerprint density at radius 2 is 2.00 bits per heavy atom. The van der Waals surface area contributed by atoms with Crippen LogP contribution in [0.4, 0.5) is 0 Å². The minimum atomic E-state index is -0.157. The first-order valence-electron chi connectivity index (χ1n) is 6.82. The SMILES string of the molecule is C[C@H]1OCCN[C@@H]1C(=O)N(C)C1CCCCC1. The molecule has 1 aliphatic heterocycles. The molecule has 0 radical (unpaired) electrons. The van der Waals surface area contributed by atoms with E-state index in [9.17, 15) is 4.79 Å². The molecule has 4 nitrogen and oxygen atoms in total. The van der Waals surface area contributed by atoms with Crippen LogP contribution in [-0.4, -0.2) is 49.2 Å². The van der Waals surface area contributed by atoms with Gasteiger partial charge in [-0.05, 0) is 19.8 Å². The number of rotatable bonds is 2. The standard InChI is InChI=1S/C13H24N2O2/c1-10-12(14-8-9-17-10)13(16)15(2)11-6-4-3-5-7-11/h10-12,14H,3-9H2,1-2H3/t10-,12+/m1/s1. The average molecular weight is 240 g/mol. The van der Waals surface area contributed by atoms with Crippen molar-refractivity contribution in [1.29, 1.82) is 0 Å². The molecule has 0 spiro atoms. The molecular formula is C13H24N2O2. The van der Waals surface area contributed by atoms with Crippen molar-refractivity contribution in [2.45, 2.75) is 57.2 Å². The van der Waals surface area contributed by atoms with Crippen LogP contribution in [0.3, 0.4) is 0 Å². The molecular weight excluding hydrogens is 216 g/mol. The first kappa shape index (κ1) is 12.8. The van der Waals surface area contributed by atoms with Crippen molar-refractivity contribution in [2.24, 2.45) is 0 Å². The lowest BCUT2D eigenvalue weighted by Crippen LogP contribution is -2.57. The molecule has 0 aromatic carbocycles. The Labute approximate surface area is 104 Å². The number of carbonyl (C=O) groups is 1.